The van der Waals surface area contributed by atoms with Gasteiger partial charge in [0.2, 0.25) is 0 Å². The van der Waals surface area contributed by atoms with E-state index in [4.69, 9.17) is 4.74 Å². The Bertz CT molecular complexity index is 585. The molecular weight excluding hydrogens is 398 g/mol. The molecule has 0 saturated carbocycles. The second-order valence-corrected chi connectivity index (χ2v) is 19.6. The molecule has 24 heavy (non-hydrogen) atoms. The predicted octanol–water partition coefficient (Wildman–Crippen LogP) is 5.56. The van der Waals surface area contributed by atoms with Crippen molar-refractivity contribution in [1.29, 1.82) is 0 Å². The summed E-state index contributed by atoms with van der Waals surface area (Å²) >= 11 is 3.56. The number of hydrogen-bond acceptors (Lipinski definition) is 2. The number of alkyl halides is 1. The molecule has 0 saturated heterocycles. The summed E-state index contributed by atoms with van der Waals surface area (Å²) in [5, 5.41) is 2.16. The van der Waals surface area contributed by atoms with Crippen LogP contribution in [0.2, 0.25) is 39.3 Å². The molecule has 0 bridgehead atoms. The average Bonchev–Trinajstić information content (AvgIpc) is 2.33. The van der Waals surface area contributed by atoms with Crippen LogP contribution in [-0.4, -0.2) is 32.5 Å². The minimum Gasteiger partial charge on any atom is -0.411 e. The molecule has 6 heteroatoms. The van der Waals surface area contributed by atoms with Gasteiger partial charge in [-0.1, -0.05) is 66.5 Å². The topological polar surface area (TPSA) is 29.5 Å². The molecular formula is C18H32BrNO2Si2. The number of ether oxygens (including phenoxy) is 1. The van der Waals surface area contributed by atoms with Gasteiger partial charge in [0.15, 0.2) is 8.24 Å². The van der Waals surface area contributed by atoms with Crippen molar-refractivity contribution in [3.05, 3.63) is 23.8 Å². The monoisotopic (exact) mass is 429 g/mol. The third-order valence-corrected chi connectivity index (χ3v) is 8.64. The first-order valence-corrected chi connectivity index (χ1v) is 16.5. The highest BCUT2D eigenvalue weighted by atomic mass is 79.9. The summed E-state index contributed by atoms with van der Waals surface area (Å²) in [4.78, 5) is 12.9. The zero-order valence-corrected chi connectivity index (χ0v) is 20.2. The summed E-state index contributed by atoms with van der Waals surface area (Å²) in [7, 11) is -3.36. The maximum absolute atomic E-state index is 12.9. The molecule has 0 aliphatic rings. The van der Waals surface area contributed by atoms with Gasteiger partial charge in [-0.3, -0.25) is 0 Å². The smallest absolute Gasteiger partial charge is 0.407 e. The standard InChI is InChI=1S/C18H32BrNO2Si2/c1-18(2,3)20(24(7,8)9)17(21)22-15-11-10-14(13-19)16(12-15)23(4,5)6/h10-12H,13H2,1-9H3. The van der Waals surface area contributed by atoms with Crippen LogP contribution in [0, 0.1) is 0 Å². The van der Waals surface area contributed by atoms with Crippen LogP contribution in [-0.2, 0) is 5.33 Å². The van der Waals surface area contributed by atoms with Crippen molar-refractivity contribution in [2.75, 3.05) is 0 Å². The Morgan fingerprint density at radius 3 is 2.04 bits per heavy atom. The molecule has 0 aromatic heterocycles. The van der Waals surface area contributed by atoms with E-state index < -0.39 is 16.3 Å². The van der Waals surface area contributed by atoms with Crippen LogP contribution in [0.1, 0.15) is 26.3 Å². The lowest BCUT2D eigenvalue weighted by Gasteiger charge is -2.43. The number of carbonyl (C=O) groups excluding carboxylic acids is 1. The Balaban J connectivity index is 3.19. The van der Waals surface area contributed by atoms with Gasteiger partial charge in [0, 0.05) is 10.9 Å². The van der Waals surface area contributed by atoms with E-state index in [9.17, 15) is 4.79 Å². The van der Waals surface area contributed by atoms with Crippen LogP contribution in [0.4, 0.5) is 4.79 Å². The van der Waals surface area contributed by atoms with Crippen LogP contribution in [0.25, 0.3) is 0 Å². The summed E-state index contributed by atoms with van der Waals surface area (Å²) in [5.41, 5.74) is 1.03. The van der Waals surface area contributed by atoms with Crippen molar-refractivity contribution in [2.24, 2.45) is 0 Å². The summed E-state index contributed by atoms with van der Waals surface area (Å²) < 4.78 is 7.73. The van der Waals surface area contributed by atoms with Crippen molar-refractivity contribution >= 4 is 43.5 Å². The van der Waals surface area contributed by atoms with Crippen molar-refractivity contribution < 1.29 is 9.53 Å². The van der Waals surface area contributed by atoms with Gasteiger partial charge in [-0.15, -0.1) is 0 Å². The summed E-state index contributed by atoms with van der Waals surface area (Å²) in [6.45, 7) is 19.6. The molecule has 0 N–H and O–H groups in total. The zero-order valence-electron chi connectivity index (χ0n) is 16.6. The van der Waals surface area contributed by atoms with Crippen molar-refractivity contribution in [3.63, 3.8) is 0 Å². The van der Waals surface area contributed by atoms with Gasteiger partial charge in [-0.2, -0.15) is 0 Å². The van der Waals surface area contributed by atoms with Gasteiger partial charge < -0.3 is 9.30 Å². The van der Waals surface area contributed by atoms with Crippen molar-refractivity contribution in [3.8, 4) is 5.75 Å². The molecule has 3 nitrogen and oxygen atoms in total. The maximum Gasteiger partial charge on any atom is 0.407 e. The fourth-order valence-corrected chi connectivity index (χ4v) is 8.20. The first kappa shape index (κ1) is 21.4. The largest absolute Gasteiger partial charge is 0.411 e. The number of halogens is 1. The Morgan fingerprint density at radius 2 is 1.67 bits per heavy atom. The van der Waals surface area contributed by atoms with E-state index in [0.29, 0.717) is 5.75 Å². The number of amides is 1. The quantitative estimate of drug-likeness (QED) is 0.462. The minimum absolute atomic E-state index is 0.241. The lowest BCUT2D eigenvalue weighted by Crippen LogP contribution is -2.59. The SMILES string of the molecule is CC(C)(C)N(C(=O)Oc1ccc(CBr)c([Si](C)(C)C)c1)[Si](C)(C)C. The molecule has 1 amide bonds. The molecule has 1 rings (SSSR count). The lowest BCUT2D eigenvalue weighted by atomic mass is 10.1. The molecule has 0 spiro atoms. The third kappa shape index (κ3) is 5.46. The van der Waals surface area contributed by atoms with Crippen molar-refractivity contribution in [1.82, 2.24) is 4.57 Å². The molecule has 0 radical (unpaired) electrons. The second-order valence-electron chi connectivity index (χ2n) is 9.25. The Kier molecular flexibility index (Phi) is 6.56. The second kappa shape index (κ2) is 7.34. The highest BCUT2D eigenvalue weighted by Gasteiger charge is 2.38. The predicted molar refractivity (Wildman–Crippen MR) is 113 cm³/mol. The van der Waals surface area contributed by atoms with E-state index in [1.165, 1.54) is 10.8 Å². The summed E-state index contributed by atoms with van der Waals surface area (Å²) in [6, 6.07) is 6.04. The molecule has 0 fully saturated rings. The Morgan fingerprint density at radius 1 is 1.12 bits per heavy atom. The molecule has 0 atom stereocenters. The van der Waals surface area contributed by atoms with Crippen molar-refractivity contribution in [2.45, 2.75) is 70.9 Å². The first-order chi connectivity index (χ1) is 10.7. The van der Waals surface area contributed by atoms with Gasteiger partial charge in [-0.25, -0.2) is 4.79 Å². The number of nitrogens with zero attached hydrogens (tertiary/aromatic N) is 1. The Labute approximate surface area is 158 Å². The van der Waals surface area contributed by atoms with E-state index in [-0.39, 0.29) is 11.6 Å². The van der Waals surface area contributed by atoms with Gasteiger partial charge in [-0.05, 0) is 38.5 Å². The number of rotatable bonds is 4. The lowest BCUT2D eigenvalue weighted by molar-refractivity contribution is 0.149. The third-order valence-electron chi connectivity index (χ3n) is 3.76. The highest BCUT2D eigenvalue weighted by molar-refractivity contribution is 9.08. The minimum atomic E-state index is -1.85. The number of carbonyl (C=O) groups is 1. The van der Waals surface area contributed by atoms with Gasteiger partial charge >= 0.3 is 6.09 Å². The van der Waals surface area contributed by atoms with E-state index in [1.54, 1.807) is 0 Å². The summed E-state index contributed by atoms with van der Waals surface area (Å²) in [6.07, 6.45) is -0.241. The van der Waals surface area contributed by atoms with Gasteiger partial charge in [0.1, 0.15) is 5.75 Å². The van der Waals surface area contributed by atoms with Crippen LogP contribution < -0.4 is 9.92 Å². The molecule has 0 aliphatic heterocycles. The average molecular weight is 431 g/mol. The van der Waals surface area contributed by atoms with E-state index >= 15 is 0 Å². The fourth-order valence-electron chi connectivity index (χ4n) is 3.13. The van der Waals surface area contributed by atoms with Crippen LogP contribution in [0.5, 0.6) is 5.75 Å². The number of benzene rings is 1. The zero-order chi connectivity index (χ0) is 18.9. The van der Waals surface area contributed by atoms with Crippen LogP contribution >= 0.6 is 15.9 Å². The highest BCUT2D eigenvalue weighted by Crippen LogP contribution is 2.25. The normalized spacial score (nSPS) is 12.9. The van der Waals surface area contributed by atoms with Gasteiger partial charge in [0.25, 0.3) is 0 Å². The molecule has 0 heterocycles. The van der Waals surface area contributed by atoms with Crippen LogP contribution in [0.15, 0.2) is 18.2 Å². The molecule has 1 aromatic carbocycles. The Hall–Kier alpha value is -0.596. The molecule has 136 valence electrons. The number of hydrogen-bond donors (Lipinski definition) is 0. The first-order valence-electron chi connectivity index (χ1n) is 8.39. The molecule has 0 aliphatic carbocycles. The molecule has 0 unspecified atom stereocenters. The van der Waals surface area contributed by atoms with Gasteiger partial charge in [0.05, 0.1) is 8.07 Å². The van der Waals surface area contributed by atoms with E-state index in [1.807, 2.05) is 10.6 Å². The van der Waals surface area contributed by atoms with Crippen LogP contribution in [0.3, 0.4) is 0 Å². The molecule has 1 aromatic rings. The summed E-state index contributed by atoms with van der Waals surface area (Å²) in [5.74, 6) is 0.648. The maximum atomic E-state index is 12.9. The van der Waals surface area contributed by atoms with E-state index in [0.717, 1.165) is 5.33 Å². The fraction of sp³-hybridized carbons (Fsp3) is 0.611. The van der Waals surface area contributed by atoms with E-state index in [2.05, 4.69) is 88.1 Å².